The predicted octanol–water partition coefficient (Wildman–Crippen LogP) is 5.24. The van der Waals surface area contributed by atoms with Crippen molar-refractivity contribution in [1.82, 2.24) is 0 Å². The minimum atomic E-state index is -4.72. The monoisotopic (exact) mass is 532 g/mol. The van der Waals surface area contributed by atoms with E-state index in [1.54, 1.807) is 6.07 Å². The number of ether oxygens (including phenoxy) is 1. The molecular formula is C27H24F3O4PS. The minimum absolute atomic E-state index is 0.197. The maximum absolute atomic E-state index is 12.8. The average Bonchev–Trinajstić information content (AvgIpc) is 2.82. The van der Waals surface area contributed by atoms with E-state index in [1.807, 2.05) is 60.7 Å². The van der Waals surface area contributed by atoms with Crippen molar-refractivity contribution < 1.29 is 30.9 Å². The molecule has 0 radical (unpaired) electrons. The fourth-order valence-corrected chi connectivity index (χ4v) is 8.11. The van der Waals surface area contributed by atoms with Crippen LogP contribution in [0.3, 0.4) is 0 Å². The number of benzene rings is 4. The Hall–Kier alpha value is -3.19. The standard InChI is InChI=1S/C26H21F3OP.CH4O3S/c27-26(28,29)30-22-12-10-11-21(19-22)20-31(23-13-4-1-5-14-23,24-15-6-2-7-16-24)25-17-8-3-9-18-25;1-5(2,3)4/h1-19H,20H2;1H3,(H,2,3,4)/q+1;/p-1. The molecular weight excluding hydrogens is 508 g/mol. The van der Waals surface area contributed by atoms with Gasteiger partial charge in [-0.2, -0.15) is 0 Å². The van der Waals surface area contributed by atoms with Crippen molar-refractivity contribution in [2.24, 2.45) is 0 Å². The fourth-order valence-electron chi connectivity index (χ4n) is 3.88. The molecule has 0 heterocycles. The van der Waals surface area contributed by atoms with Gasteiger partial charge in [-0.05, 0) is 54.1 Å². The molecule has 0 amide bonds. The van der Waals surface area contributed by atoms with Gasteiger partial charge in [-0.15, -0.1) is 13.2 Å². The molecule has 4 rings (SSSR count). The Balaban J connectivity index is 0.000000658. The van der Waals surface area contributed by atoms with Crippen LogP contribution in [0.5, 0.6) is 5.75 Å². The zero-order valence-electron chi connectivity index (χ0n) is 19.3. The highest BCUT2D eigenvalue weighted by Crippen LogP contribution is 2.58. The molecule has 0 aliphatic carbocycles. The molecule has 36 heavy (non-hydrogen) atoms. The summed E-state index contributed by atoms with van der Waals surface area (Å²) in [6.45, 7) is 0. The molecule has 0 saturated heterocycles. The molecule has 0 N–H and O–H groups in total. The molecule has 0 saturated carbocycles. The van der Waals surface area contributed by atoms with Gasteiger partial charge in [0.15, 0.2) is 0 Å². The largest absolute Gasteiger partial charge is 0.748 e. The summed E-state index contributed by atoms with van der Waals surface area (Å²) in [4.78, 5) is 0. The predicted molar refractivity (Wildman–Crippen MR) is 138 cm³/mol. The van der Waals surface area contributed by atoms with Gasteiger partial charge < -0.3 is 9.29 Å². The lowest BCUT2D eigenvalue weighted by atomic mass is 10.2. The lowest BCUT2D eigenvalue weighted by Crippen LogP contribution is -2.32. The third-order valence-corrected chi connectivity index (χ3v) is 9.52. The van der Waals surface area contributed by atoms with Crippen molar-refractivity contribution in [2.75, 3.05) is 6.26 Å². The lowest BCUT2D eigenvalue weighted by Gasteiger charge is -2.28. The summed E-state index contributed by atoms with van der Waals surface area (Å²) in [5.74, 6) is -0.197. The Kier molecular flexibility index (Phi) is 8.90. The zero-order valence-corrected chi connectivity index (χ0v) is 21.0. The third kappa shape index (κ3) is 7.92. The summed E-state index contributed by atoms with van der Waals surface area (Å²) in [6, 6.07) is 37.0. The van der Waals surface area contributed by atoms with E-state index in [-0.39, 0.29) is 5.75 Å². The van der Waals surface area contributed by atoms with Crippen LogP contribution >= 0.6 is 7.26 Å². The number of alkyl halides is 3. The number of rotatable bonds is 6. The highest BCUT2D eigenvalue weighted by molar-refractivity contribution is 7.95. The number of hydrogen-bond donors (Lipinski definition) is 0. The van der Waals surface area contributed by atoms with E-state index in [0.29, 0.717) is 12.4 Å². The smallest absolute Gasteiger partial charge is 0.573 e. The van der Waals surface area contributed by atoms with Gasteiger partial charge in [-0.1, -0.05) is 66.7 Å². The third-order valence-electron chi connectivity index (χ3n) is 5.14. The number of hydrogen-bond acceptors (Lipinski definition) is 4. The van der Waals surface area contributed by atoms with Gasteiger partial charge >= 0.3 is 6.36 Å². The SMILES string of the molecule is CS(=O)(=O)[O-].FC(F)(F)Oc1cccc(C[P+](c2ccccc2)(c2ccccc2)c2ccccc2)c1. The Morgan fingerprint density at radius 1 is 0.722 bits per heavy atom. The summed E-state index contributed by atoms with van der Waals surface area (Å²) in [5.41, 5.74) is 0.798. The van der Waals surface area contributed by atoms with Crippen molar-refractivity contribution in [3.8, 4) is 5.75 Å². The van der Waals surface area contributed by atoms with Crippen molar-refractivity contribution in [2.45, 2.75) is 12.5 Å². The maximum atomic E-state index is 12.8. The van der Waals surface area contributed by atoms with Crippen LogP contribution in [0, 0.1) is 0 Å². The summed E-state index contributed by atoms with van der Waals surface area (Å²) in [5, 5.41) is 3.53. The first kappa shape index (κ1) is 27.4. The topological polar surface area (TPSA) is 66.4 Å². The summed E-state index contributed by atoms with van der Waals surface area (Å²) < 4.78 is 69.8. The van der Waals surface area contributed by atoms with Crippen LogP contribution in [0.2, 0.25) is 0 Å². The quantitative estimate of drug-likeness (QED) is 0.252. The van der Waals surface area contributed by atoms with E-state index in [2.05, 4.69) is 41.1 Å². The summed E-state index contributed by atoms with van der Waals surface area (Å²) in [7, 11) is -6.10. The first-order valence-corrected chi connectivity index (χ1v) is 14.6. The van der Waals surface area contributed by atoms with Crippen LogP contribution in [-0.4, -0.2) is 25.6 Å². The van der Waals surface area contributed by atoms with E-state index in [4.69, 9.17) is 13.0 Å². The molecule has 9 heteroatoms. The molecule has 4 aromatic rings. The molecule has 4 aromatic carbocycles. The van der Waals surface area contributed by atoms with E-state index in [1.165, 1.54) is 28.0 Å². The molecule has 0 atom stereocenters. The van der Waals surface area contributed by atoms with E-state index < -0.39 is 23.7 Å². The molecule has 0 spiro atoms. The molecule has 0 bridgehead atoms. The zero-order chi connectivity index (χ0) is 26.2. The van der Waals surface area contributed by atoms with Crippen LogP contribution in [0.25, 0.3) is 0 Å². The molecule has 0 aliphatic heterocycles. The fraction of sp³-hybridized carbons (Fsp3) is 0.111. The molecule has 0 fully saturated rings. The maximum Gasteiger partial charge on any atom is 0.573 e. The second-order valence-electron chi connectivity index (χ2n) is 7.87. The van der Waals surface area contributed by atoms with Gasteiger partial charge in [0.25, 0.3) is 0 Å². The van der Waals surface area contributed by atoms with Crippen molar-refractivity contribution in [3.63, 3.8) is 0 Å². The summed E-state index contributed by atoms with van der Waals surface area (Å²) >= 11 is 0. The Labute approximate surface area is 209 Å². The van der Waals surface area contributed by atoms with Gasteiger partial charge in [-0.3, -0.25) is 0 Å². The Bertz CT molecular complexity index is 1240. The first-order valence-electron chi connectivity index (χ1n) is 10.8. The van der Waals surface area contributed by atoms with Crippen molar-refractivity contribution in [3.05, 3.63) is 121 Å². The van der Waals surface area contributed by atoms with E-state index in [9.17, 15) is 13.2 Å². The average molecular weight is 533 g/mol. The van der Waals surface area contributed by atoms with E-state index >= 15 is 0 Å². The van der Waals surface area contributed by atoms with Crippen LogP contribution in [0.4, 0.5) is 13.2 Å². The molecule has 0 unspecified atom stereocenters. The van der Waals surface area contributed by atoms with Crippen molar-refractivity contribution >= 4 is 33.3 Å². The first-order chi connectivity index (χ1) is 17.0. The molecule has 4 nitrogen and oxygen atoms in total. The van der Waals surface area contributed by atoms with Crippen molar-refractivity contribution in [1.29, 1.82) is 0 Å². The molecule has 0 aromatic heterocycles. The molecule has 0 aliphatic rings. The van der Waals surface area contributed by atoms with Crippen LogP contribution in [0.15, 0.2) is 115 Å². The van der Waals surface area contributed by atoms with Crippen LogP contribution in [-0.2, 0) is 16.3 Å². The van der Waals surface area contributed by atoms with Gasteiger partial charge in [0.1, 0.15) is 28.9 Å². The van der Waals surface area contributed by atoms with Crippen LogP contribution < -0.4 is 20.7 Å². The number of halogens is 3. The molecule has 188 valence electrons. The second kappa shape index (κ2) is 11.7. The Morgan fingerprint density at radius 3 is 1.47 bits per heavy atom. The van der Waals surface area contributed by atoms with Gasteiger partial charge in [0.2, 0.25) is 0 Å². The lowest BCUT2D eigenvalue weighted by molar-refractivity contribution is -0.274. The second-order valence-corrected chi connectivity index (χ2v) is 12.8. The van der Waals surface area contributed by atoms with Crippen LogP contribution in [0.1, 0.15) is 5.56 Å². The van der Waals surface area contributed by atoms with Gasteiger partial charge in [0.05, 0.1) is 16.3 Å². The summed E-state index contributed by atoms with van der Waals surface area (Å²) in [6.07, 6.45) is -3.53. The highest BCUT2D eigenvalue weighted by Gasteiger charge is 2.45. The normalized spacial score (nSPS) is 11.8. The van der Waals surface area contributed by atoms with Gasteiger partial charge in [0, 0.05) is 6.26 Å². The highest BCUT2D eigenvalue weighted by atomic mass is 32.2. The minimum Gasteiger partial charge on any atom is -0.748 e. The Morgan fingerprint density at radius 2 is 1.11 bits per heavy atom. The van der Waals surface area contributed by atoms with E-state index in [0.717, 1.165) is 5.56 Å². The van der Waals surface area contributed by atoms with Gasteiger partial charge in [-0.25, -0.2) is 8.42 Å².